The molecule has 0 N–H and O–H groups in total. The molecule has 0 unspecified atom stereocenters. The van der Waals surface area contributed by atoms with Crippen molar-refractivity contribution in [2.24, 2.45) is 5.10 Å². The highest BCUT2D eigenvalue weighted by molar-refractivity contribution is 9.10. The molecular formula is C27H21BrF3N3O4. The summed E-state index contributed by atoms with van der Waals surface area (Å²) < 4.78 is 52.1. The van der Waals surface area contributed by atoms with Crippen LogP contribution in [0.1, 0.15) is 25.0 Å². The maximum absolute atomic E-state index is 13.4. The molecule has 0 bridgehead atoms. The first-order valence-corrected chi connectivity index (χ1v) is 12.2. The average molecular weight is 588 g/mol. The third-order valence-corrected chi connectivity index (χ3v) is 5.81. The number of rotatable bonds is 7. The molecule has 4 aromatic rings. The molecule has 0 fully saturated rings. The molecule has 0 radical (unpaired) electrons. The van der Waals surface area contributed by atoms with Crippen LogP contribution in [0.3, 0.4) is 0 Å². The Morgan fingerprint density at radius 1 is 1.11 bits per heavy atom. The van der Waals surface area contributed by atoms with Crippen LogP contribution in [0, 0.1) is 0 Å². The number of aromatic nitrogens is 2. The molecule has 38 heavy (non-hydrogen) atoms. The molecule has 11 heteroatoms. The van der Waals surface area contributed by atoms with E-state index in [1.165, 1.54) is 18.3 Å². The fourth-order valence-electron chi connectivity index (χ4n) is 3.52. The van der Waals surface area contributed by atoms with Crippen molar-refractivity contribution in [3.05, 3.63) is 92.7 Å². The van der Waals surface area contributed by atoms with Crippen LogP contribution in [0.4, 0.5) is 13.2 Å². The van der Waals surface area contributed by atoms with Crippen molar-refractivity contribution in [1.29, 1.82) is 0 Å². The van der Waals surface area contributed by atoms with Gasteiger partial charge in [-0.2, -0.15) is 22.9 Å². The molecule has 3 aromatic carbocycles. The number of fused-ring (bicyclic) bond motifs is 1. The second-order valence-corrected chi connectivity index (χ2v) is 9.26. The van der Waals surface area contributed by atoms with E-state index >= 15 is 0 Å². The highest BCUT2D eigenvalue weighted by Crippen LogP contribution is 2.32. The van der Waals surface area contributed by atoms with E-state index in [1.54, 1.807) is 56.3 Å². The highest BCUT2D eigenvalue weighted by Gasteiger charge is 2.31. The van der Waals surface area contributed by atoms with Gasteiger partial charge in [0.15, 0.2) is 12.4 Å². The Morgan fingerprint density at radius 2 is 1.87 bits per heavy atom. The Bertz CT molecular complexity index is 1580. The summed E-state index contributed by atoms with van der Waals surface area (Å²) in [5.41, 5.74) is -0.453. The lowest BCUT2D eigenvalue weighted by atomic mass is 10.1. The van der Waals surface area contributed by atoms with Crippen LogP contribution in [0.15, 0.2) is 81.1 Å². The van der Waals surface area contributed by atoms with E-state index in [1.807, 2.05) is 0 Å². The van der Waals surface area contributed by atoms with Gasteiger partial charge >= 0.3 is 12.1 Å². The fourth-order valence-corrected chi connectivity index (χ4v) is 4.04. The van der Waals surface area contributed by atoms with Gasteiger partial charge in [-0.25, -0.2) is 9.78 Å². The van der Waals surface area contributed by atoms with Gasteiger partial charge in [-0.15, -0.1) is 0 Å². The lowest BCUT2D eigenvalue weighted by Crippen LogP contribution is -2.20. The molecule has 7 nitrogen and oxygen atoms in total. The van der Waals surface area contributed by atoms with Crippen molar-refractivity contribution in [2.45, 2.75) is 26.1 Å². The summed E-state index contributed by atoms with van der Waals surface area (Å²) in [6, 6.07) is 16.0. The molecule has 0 aliphatic heterocycles. The van der Waals surface area contributed by atoms with Crippen LogP contribution >= 0.6 is 15.9 Å². The second kappa shape index (κ2) is 11.2. The van der Waals surface area contributed by atoms with Crippen LogP contribution in [0.2, 0.25) is 0 Å². The predicted molar refractivity (Wildman–Crippen MR) is 140 cm³/mol. The van der Waals surface area contributed by atoms with Gasteiger partial charge in [-0.05, 0) is 77.8 Å². The third-order valence-electron chi connectivity index (χ3n) is 5.19. The summed E-state index contributed by atoms with van der Waals surface area (Å²) in [6.07, 6.45) is -3.46. The van der Waals surface area contributed by atoms with E-state index in [9.17, 15) is 22.8 Å². The molecule has 0 amide bonds. The molecule has 0 spiro atoms. The number of halogens is 4. The Kier molecular flexibility index (Phi) is 7.96. The van der Waals surface area contributed by atoms with Gasteiger partial charge in [-0.1, -0.05) is 24.3 Å². The van der Waals surface area contributed by atoms with Gasteiger partial charge in [0.05, 0.1) is 33.3 Å². The van der Waals surface area contributed by atoms with Crippen molar-refractivity contribution in [3.63, 3.8) is 0 Å². The monoisotopic (exact) mass is 587 g/mol. The second-order valence-electron chi connectivity index (χ2n) is 8.41. The minimum Gasteiger partial charge on any atom is -0.481 e. The fraction of sp³-hybridized carbons (Fsp3) is 0.185. The van der Waals surface area contributed by atoms with E-state index in [4.69, 9.17) is 9.47 Å². The zero-order chi connectivity index (χ0) is 27.4. The number of nitrogens with zero attached hydrogens (tertiary/aromatic N) is 3. The van der Waals surface area contributed by atoms with E-state index in [0.717, 1.165) is 16.8 Å². The molecule has 0 saturated carbocycles. The summed E-state index contributed by atoms with van der Waals surface area (Å²) >= 11 is 3.37. The number of hydrogen-bond donors (Lipinski definition) is 0. The molecule has 0 aliphatic rings. The topological polar surface area (TPSA) is 82.8 Å². The Balaban J connectivity index is 1.71. The lowest BCUT2D eigenvalue weighted by molar-refractivity contribution is -0.149. The number of alkyl halides is 3. The minimum absolute atomic E-state index is 0.0428. The summed E-state index contributed by atoms with van der Waals surface area (Å²) in [5, 5.41) is 4.53. The summed E-state index contributed by atoms with van der Waals surface area (Å²) in [7, 11) is 0. The van der Waals surface area contributed by atoms with Crippen LogP contribution in [0.25, 0.3) is 22.3 Å². The highest BCUT2D eigenvalue weighted by atomic mass is 79.9. The standard InChI is InChI=1S/C27H21BrF3N3O4/c1-16(2)38-24(35)15-37-23-11-10-17(12-21(23)28)14-32-34-25(18-6-5-7-19(13-18)27(29,30)31)33-22-9-4-3-8-20(22)26(34)36/h3-14,16H,15H2,1-2H3. The van der Waals surface area contributed by atoms with E-state index in [-0.39, 0.29) is 29.5 Å². The molecule has 1 aromatic heterocycles. The van der Waals surface area contributed by atoms with E-state index in [2.05, 4.69) is 26.0 Å². The van der Waals surface area contributed by atoms with E-state index < -0.39 is 23.3 Å². The predicted octanol–water partition coefficient (Wildman–Crippen LogP) is 6.06. The van der Waals surface area contributed by atoms with Gasteiger partial charge < -0.3 is 9.47 Å². The first-order chi connectivity index (χ1) is 18.0. The summed E-state index contributed by atoms with van der Waals surface area (Å²) in [6.45, 7) is 3.19. The lowest BCUT2D eigenvalue weighted by Gasteiger charge is -2.12. The Hall–Kier alpha value is -3.99. The Morgan fingerprint density at radius 3 is 2.58 bits per heavy atom. The summed E-state index contributed by atoms with van der Waals surface area (Å²) in [4.78, 5) is 29.5. The number of ether oxygens (including phenoxy) is 2. The zero-order valence-corrected chi connectivity index (χ0v) is 21.8. The van der Waals surface area contributed by atoms with Crippen molar-refractivity contribution in [2.75, 3.05) is 6.61 Å². The zero-order valence-electron chi connectivity index (χ0n) is 20.2. The van der Waals surface area contributed by atoms with E-state index in [0.29, 0.717) is 21.3 Å². The molecular weight excluding hydrogens is 567 g/mol. The summed E-state index contributed by atoms with van der Waals surface area (Å²) in [5.74, 6) is -0.168. The van der Waals surface area contributed by atoms with Gasteiger partial charge in [0.1, 0.15) is 5.75 Å². The van der Waals surface area contributed by atoms with Crippen LogP contribution in [-0.2, 0) is 15.7 Å². The normalized spacial score (nSPS) is 11.9. The first kappa shape index (κ1) is 27.1. The van der Waals surface area contributed by atoms with Crippen molar-refractivity contribution >= 4 is 39.0 Å². The van der Waals surface area contributed by atoms with Crippen molar-refractivity contribution in [1.82, 2.24) is 9.66 Å². The number of esters is 1. The van der Waals surface area contributed by atoms with Gasteiger partial charge in [0, 0.05) is 5.56 Å². The molecule has 4 rings (SSSR count). The minimum atomic E-state index is -4.57. The van der Waals surface area contributed by atoms with Crippen LogP contribution in [-0.4, -0.2) is 34.6 Å². The number of benzene rings is 3. The number of hydrogen-bond acceptors (Lipinski definition) is 6. The molecule has 0 aliphatic carbocycles. The maximum Gasteiger partial charge on any atom is 0.416 e. The number of carbonyl (C=O) groups is 1. The first-order valence-electron chi connectivity index (χ1n) is 11.4. The third kappa shape index (κ3) is 6.28. The van der Waals surface area contributed by atoms with Crippen LogP contribution < -0.4 is 10.3 Å². The molecule has 196 valence electrons. The average Bonchev–Trinajstić information content (AvgIpc) is 2.86. The van der Waals surface area contributed by atoms with Gasteiger partial charge in [-0.3, -0.25) is 4.79 Å². The Labute approximate surface area is 223 Å². The molecule has 0 atom stereocenters. The molecule has 1 heterocycles. The number of para-hydroxylation sites is 1. The SMILES string of the molecule is CC(C)OC(=O)COc1ccc(C=Nn2c(-c3cccc(C(F)(F)F)c3)nc3ccccc3c2=O)cc1Br. The smallest absolute Gasteiger partial charge is 0.416 e. The van der Waals surface area contributed by atoms with Gasteiger partial charge in [0.2, 0.25) is 0 Å². The number of carbonyl (C=O) groups excluding carboxylic acids is 1. The maximum atomic E-state index is 13.4. The largest absolute Gasteiger partial charge is 0.481 e. The van der Waals surface area contributed by atoms with Crippen LogP contribution in [0.5, 0.6) is 5.75 Å². The van der Waals surface area contributed by atoms with Crippen molar-refractivity contribution < 1.29 is 27.4 Å². The molecule has 0 saturated heterocycles. The van der Waals surface area contributed by atoms with Gasteiger partial charge in [0.25, 0.3) is 5.56 Å². The van der Waals surface area contributed by atoms with Crippen molar-refractivity contribution in [3.8, 4) is 17.1 Å². The quantitative estimate of drug-likeness (QED) is 0.194.